The fourth-order valence-corrected chi connectivity index (χ4v) is 2.02. The molecule has 0 bridgehead atoms. The number of rotatable bonds is 6. The van der Waals surface area contributed by atoms with E-state index in [-0.39, 0.29) is 0 Å². The second kappa shape index (κ2) is 6.95. The van der Waals surface area contributed by atoms with Gasteiger partial charge in [0.2, 0.25) is 0 Å². The van der Waals surface area contributed by atoms with Crippen molar-refractivity contribution in [3.8, 4) is 0 Å². The zero-order valence-electron chi connectivity index (χ0n) is 11.8. The van der Waals surface area contributed by atoms with E-state index in [1.54, 1.807) is 0 Å². The van der Waals surface area contributed by atoms with E-state index >= 15 is 0 Å². The normalized spacial score (nSPS) is 10.4. The summed E-state index contributed by atoms with van der Waals surface area (Å²) in [4.78, 5) is 2.12. The highest BCUT2D eigenvalue weighted by Crippen LogP contribution is 2.11. The lowest BCUT2D eigenvalue weighted by Gasteiger charge is -2.13. The molecule has 0 unspecified atom stereocenters. The molecule has 2 rings (SSSR count). The second-order valence-corrected chi connectivity index (χ2v) is 4.97. The van der Waals surface area contributed by atoms with Crippen LogP contribution in [0, 0.1) is 0 Å². The summed E-state index contributed by atoms with van der Waals surface area (Å²) in [5.41, 5.74) is 3.96. The van der Waals surface area contributed by atoms with E-state index in [1.165, 1.54) is 16.8 Å². The number of hydrogen-bond acceptors (Lipinski definition) is 2. The molecule has 0 amide bonds. The molecular formula is C17H22N2. The lowest BCUT2D eigenvalue weighted by atomic mass is 10.1. The van der Waals surface area contributed by atoms with Gasteiger partial charge >= 0.3 is 0 Å². The molecule has 0 aliphatic heterocycles. The third-order valence-corrected chi connectivity index (χ3v) is 3.22. The molecule has 0 spiro atoms. The minimum atomic E-state index is 0.931. The van der Waals surface area contributed by atoms with Gasteiger partial charge < -0.3 is 10.2 Å². The van der Waals surface area contributed by atoms with Crippen molar-refractivity contribution in [2.24, 2.45) is 0 Å². The van der Waals surface area contributed by atoms with Crippen LogP contribution < -0.4 is 10.2 Å². The highest BCUT2D eigenvalue weighted by atomic mass is 15.1. The van der Waals surface area contributed by atoms with Crippen molar-refractivity contribution in [3.63, 3.8) is 0 Å². The largest absolute Gasteiger partial charge is 0.378 e. The predicted molar refractivity (Wildman–Crippen MR) is 82.6 cm³/mol. The van der Waals surface area contributed by atoms with Gasteiger partial charge in [-0.3, -0.25) is 0 Å². The fourth-order valence-electron chi connectivity index (χ4n) is 2.02. The van der Waals surface area contributed by atoms with Crippen LogP contribution in [0.2, 0.25) is 0 Å². The van der Waals surface area contributed by atoms with Crippen LogP contribution in [-0.4, -0.2) is 20.6 Å². The smallest absolute Gasteiger partial charge is 0.0361 e. The molecular weight excluding hydrogens is 232 g/mol. The Labute approximate surface area is 116 Å². The van der Waals surface area contributed by atoms with E-state index in [2.05, 4.69) is 78.9 Å². The van der Waals surface area contributed by atoms with Gasteiger partial charge in [-0.25, -0.2) is 0 Å². The van der Waals surface area contributed by atoms with E-state index in [0.717, 1.165) is 19.5 Å². The summed E-state index contributed by atoms with van der Waals surface area (Å²) in [5, 5.41) is 3.49. The molecule has 2 nitrogen and oxygen atoms in total. The van der Waals surface area contributed by atoms with Crippen LogP contribution in [0.5, 0.6) is 0 Å². The molecule has 2 heteroatoms. The fraction of sp³-hybridized carbons (Fsp3) is 0.294. The van der Waals surface area contributed by atoms with Gasteiger partial charge in [0.05, 0.1) is 0 Å². The van der Waals surface area contributed by atoms with Crippen molar-refractivity contribution in [3.05, 3.63) is 65.7 Å². The Morgan fingerprint density at radius 1 is 0.842 bits per heavy atom. The van der Waals surface area contributed by atoms with Gasteiger partial charge in [0.15, 0.2) is 0 Å². The molecule has 0 heterocycles. The van der Waals surface area contributed by atoms with Crippen LogP contribution in [0.4, 0.5) is 5.69 Å². The van der Waals surface area contributed by atoms with Gasteiger partial charge in [-0.05, 0) is 36.2 Å². The summed E-state index contributed by atoms with van der Waals surface area (Å²) in [5.74, 6) is 0. The Bertz CT molecular complexity index is 474. The Kier molecular flexibility index (Phi) is 4.99. The average Bonchev–Trinajstić information content (AvgIpc) is 2.45. The van der Waals surface area contributed by atoms with Gasteiger partial charge in [-0.15, -0.1) is 0 Å². The Balaban J connectivity index is 1.74. The number of nitrogens with one attached hydrogen (secondary N) is 1. The predicted octanol–water partition coefficient (Wildman–Crippen LogP) is 3.08. The molecule has 0 aliphatic rings. The topological polar surface area (TPSA) is 15.3 Å². The summed E-state index contributed by atoms with van der Waals surface area (Å²) in [6, 6.07) is 19.3. The number of nitrogens with zero attached hydrogens (tertiary/aromatic N) is 1. The minimum absolute atomic E-state index is 0.931. The van der Waals surface area contributed by atoms with Crippen LogP contribution in [0.15, 0.2) is 54.6 Å². The summed E-state index contributed by atoms with van der Waals surface area (Å²) >= 11 is 0. The van der Waals surface area contributed by atoms with Crippen molar-refractivity contribution in [2.75, 3.05) is 25.5 Å². The molecule has 0 saturated heterocycles. The molecule has 0 fully saturated rings. The van der Waals surface area contributed by atoms with Gasteiger partial charge in [0, 0.05) is 26.3 Å². The first-order chi connectivity index (χ1) is 9.25. The van der Waals surface area contributed by atoms with Crippen molar-refractivity contribution < 1.29 is 0 Å². The van der Waals surface area contributed by atoms with Crippen LogP contribution in [0.3, 0.4) is 0 Å². The SMILES string of the molecule is CN(C)c1ccc(CNCCc2ccccc2)cc1. The first-order valence-electron chi connectivity index (χ1n) is 6.76. The highest BCUT2D eigenvalue weighted by molar-refractivity contribution is 5.45. The molecule has 0 radical (unpaired) electrons. The van der Waals surface area contributed by atoms with Gasteiger partial charge in [-0.1, -0.05) is 42.5 Å². The van der Waals surface area contributed by atoms with Gasteiger partial charge in [0.25, 0.3) is 0 Å². The van der Waals surface area contributed by atoms with E-state index in [0.29, 0.717) is 0 Å². The van der Waals surface area contributed by atoms with Gasteiger partial charge in [-0.2, -0.15) is 0 Å². The van der Waals surface area contributed by atoms with Gasteiger partial charge in [0.1, 0.15) is 0 Å². The Morgan fingerprint density at radius 3 is 2.16 bits per heavy atom. The van der Waals surface area contributed by atoms with E-state index in [4.69, 9.17) is 0 Å². The standard InChI is InChI=1S/C17H22N2/c1-19(2)17-10-8-16(9-11-17)14-18-13-12-15-6-4-3-5-7-15/h3-11,18H,12-14H2,1-2H3. The lowest BCUT2D eigenvalue weighted by Crippen LogP contribution is -2.16. The molecule has 0 saturated carbocycles. The zero-order valence-corrected chi connectivity index (χ0v) is 11.8. The van der Waals surface area contributed by atoms with Crippen LogP contribution in [-0.2, 0) is 13.0 Å². The molecule has 100 valence electrons. The summed E-state index contributed by atoms with van der Waals surface area (Å²) < 4.78 is 0. The van der Waals surface area contributed by atoms with Crippen molar-refractivity contribution in [1.82, 2.24) is 5.32 Å². The second-order valence-electron chi connectivity index (χ2n) is 4.97. The monoisotopic (exact) mass is 254 g/mol. The maximum atomic E-state index is 3.49. The third-order valence-electron chi connectivity index (χ3n) is 3.22. The van der Waals surface area contributed by atoms with Crippen LogP contribution >= 0.6 is 0 Å². The molecule has 2 aromatic rings. The maximum absolute atomic E-state index is 3.49. The highest BCUT2D eigenvalue weighted by Gasteiger charge is 1.96. The molecule has 0 aromatic heterocycles. The van der Waals surface area contributed by atoms with Crippen molar-refractivity contribution in [2.45, 2.75) is 13.0 Å². The van der Waals surface area contributed by atoms with Crippen molar-refractivity contribution >= 4 is 5.69 Å². The molecule has 2 aromatic carbocycles. The Hall–Kier alpha value is -1.80. The van der Waals surface area contributed by atoms with E-state index in [1.807, 2.05) is 0 Å². The Morgan fingerprint density at radius 2 is 1.53 bits per heavy atom. The third kappa shape index (κ3) is 4.42. The van der Waals surface area contributed by atoms with E-state index < -0.39 is 0 Å². The molecule has 0 atom stereocenters. The molecule has 1 N–H and O–H groups in total. The number of anilines is 1. The number of hydrogen-bond donors (Lipinski definition) is 1. The average molecular weight is 254 g/mol. The van der Waals surface area contributed by atoms with E-state index in [9.17, 15) is 0 Å². The van der Waals surface area contributed by atoms with Crippen LogP contribution in [0.1, 0.15) is 11.1 Å². The quantitative estimate of drug-likeness (QED) is 0.797. The number of benzene rings is 2. The zero-order chi connectivity index (χ0) is 13.5. The molecule has 0 aliphatic carbocycles. The minimum Gasteiger partial charge on any atom is -0.378 e. The van der Waals surface area contributed by atoms with Crippen molar-refractivity contribution in [1.29, 1.82) is 0 Å². The summed E-state index contributed by atoms with van der Waals surface area (Å²) in [7, 11) is 4.13. The maximum Gasteiger partial charge on any atom is 0.0361 e. The first kappa shape index (κ1) is 13.6. The molecule has 19 heavy (non-hydrogen) atoms. The summed E-state index contributed by atoms with van der Waals surface area (Å²) in [6.07, 6.45) is 1.08. The van der Waals surface area contributed by atoms with Crippen LogP contribution in [0.25, 0.3) is 0 Å². The first-order valence-corrected chi connectivity index (χ1v) is 6.76. The lowest BCUT2D eigenvalue weighted by molar-refractivity contribution is 0.687. The summed E-state index contributed by atoms with van der Waals surface area (Å²) in [6.45, 7) is 1.94.